The van der Waals surface area contributed by atoms with Crippen LogP contribution in [-0.2, 0) is 4.74 Å². The second-order valence-corrected chi connectivity index (χ2v) is 4.82. The standard InChI is InChI=1S/C15H23NO2/c1-14-4-6-15(7-5-14)18-11-3-2-8-16-9-12-17-13-10-16/h4-7H,2-3,8-13H2,1H3. The highest BCUT2D eigenvalue weighted by Crippen LogP contribution is 2.11. The highest BCUT2D eigenvalue weighted by molar-refractivity contribution is 5.26. The number of nitrogens with zero attached hydrogens (tertiary/aromatic N) is 1. The lowest BCUT2D eigenvalue weighted by molar-refractivity contribution is 0.0368. The molecule has 0 saturated carbocycles. The number of hydrogen-bond acceptors (Lipinski definition) is 3. The van der Waals surface area contributed by atoms with Crippen LogP contribution in [0.5, 0.6) is 5.75 Å². The van der Waals surface area contributed by atoms with Crippen molar-refractivity contribution < 1.29 is 9.47 Å². The van der Waals surface area contributed by atoms with Crippen LogP contribution in [0.4, 0.5) is 0 Å². The molecular formula is C15H23NO2. The molecule has 1 saturated heterocycles. The molecule has 0 atom stereocenters. The Morgan fingerprint density at radius 2 is 1.83 bits per heavy atom. The molecule has 0 amide bonds. The molecule has 2 rings (SSSR count). The molecule has 0 aromatic heterocycles. The minimum absolute atomic E-state index is 0.813. The van der Waals surface area contributed by atoms with Gasteiger partial charge < -0.3 is 9.47 Å². The molecule has 0 N–H and O–H groups in total. The van der Waals surface area contributed by atoms with Gasteiger partial charge >= 0.3 is 0 Å². The minimum Gasteiger partial charge on any atom is -0.494 e. The third-order valence-electron chi connectivity index (χ3n) is 3.26. The normalized spacial score (nSPS) is 16.7. The summed E-state index contributed by atoms with van der Waals surface area (Å²) in [5.74, 6) is 0.979. The second-order valence-electron chi connectivity index (χ2n) is 4.82. The Hall–Kier alpha value is -1.06. The zero-order valence-electron chi connectivity index (χ0n) is 11.2. The second kappa shape index (κ2) is 7.39. The third kappa shape index (κ3) is 4.67. The fraction of sp³-hybridized carbons (Fsp3) is 0.600. The molecule has 1 aromatic carbocycles. The van der Waals surface area contributed by atoms with Crippen molar-refractivity contribution >= 4 is 0 Å². The predicted octanol–water partition coefficient (Wildman–Crippen LogP) is 2.49. The smallest absolute Gasteiger partial charge is 0.119 e. The Labute approximate surface area is 110 Å². The van der Waals surface area contributed by atoms with Gasteiger partial charge in [0.25, 0.3) is 0 Å². The van der Waals surface area contributed by atoms with Crippen molar-refractivity contribution in [3.8, 4) is 5.75 Å². The summed E-state index contributed by atoms with van der Waals surface area (Å²) in [6, 6.07) is 8.25. The first-order valence-corrected chi connectivity index (χ1v) is 6.84. The van der Waals surface area contributed by atoms with E-state index >= 15 is 0 Å². The number of ether oxygens (including phenoxy) is 2. The maximum absolute atomic E-state index is 5.71. The van der Waals surface area contributed by atoms with Gasteiger partial charge in [0.1, 0.15) is 5.75 Å². The fourth-order valence-electron chi connectivity index (χ4n) is 2.09. The van der Waals surface area contributed by atoms with Crippen LogP contribution in [0.3, 0.4) is 0 Å². The first kappa shape index (κ1) is 13.4. The highest BCUT2D eigenvalue weighted by atomic mass is 16.5. The molecule has 3 nitrogen and oxygen atoms in total. The number of benzene rings is 1. The number of morpholine rings is 1. The van der Waals surface area contributed by atoms with Gasteiger partial charge in [-0.2, -0.15) is 0 Å². The van der Waals surface area contributed by atoms with Crippen molar-refractivity contribution in [2.24, 2.45) is 0 Å². The van der Waals surface area contributed by atoms with Crippen LogP contribution in [-0.4, -0.2) is 44.4 Å². The Balaban J connectivity index is 1.54. The van der Waals surface area contributed by atoms with E-state index in [2.05, 4.69) is 24.0 Å². The zero-order chi connectivity index (χ0) is 12.6. The van der Waals surface area contributed by atoms with E-state index in [1.54, 1.807) is 0 Å². The number of rotatable bonds is 6. The van der Waals surface area contributed by atoms with Gasteiger partial charge in [0, 0.05) is 13.1 Å². The molecular weight excluding hydrogens is 226 g/mol. The Kier molecular flexibility index (Phi) is 5.49. The van der Waals surface area contributed by atoms with Crippen LogP contribution in [0.25, 0.3) is 0 Å². The van der Waals surface area contributed by atoms with Crippen molar-refractivity contribution in [3.63, 3.8) is 0 Å². The first-order valence-electron chi connectivity index (χ1n) is 6.84. The average molecular weight is 249 g/mol. The predicted molar refractivity (Wildman–Crippen MR) is 73.2 cm³/mol. The Bertz CT molecular complexity index is 331. The highest BCUT2D eigenvalue weighted by Gasteiger charge is 2.08. The van der Waals surface area contributed by atoms with E-state index in [0.29, 0.717) is 0 Å². The van der Waals surface area contributed by atoms with E-state index in [1.807, 2.05) is 12.1 Å². The first-order chi connectivity index (χ1) is 8.84. The lowest BCUT2D eigenvalue weighted by atomic mass is 10.2. The van der Waals surface area contributed by atoms with Crippen molar-refractivity contribution in [1.82, 2.24) is 4.90 Å². The lowest BCUT2D eigenvalue weighted by Crippen LogP contribution is -2.36. The van der Waals surface area contributed by atoms with Gasteiger partial charge in [-0.05, 0) is 38.4 Å². The third-order valence-corrected chi connectivity index (χ3v) is 3.26. The largest absolute Gasteiger partial charge is 0.494 e. The molecule has 0 unspecified atom stereocenters. The van der Waals surface area contributed by atoms with Gasteiger partial charge in [-0.1, -0.05) is 17.7 Å². The lowest BCUT2D eigenvalue weighted by Gasteiger charge is -2.26. The number of hydrogen-bond donors (Lipinski definition) is 0. The van der Waals surface area contributed by atoms with E-state index in [1.165, 1.54) is 18.5 Å². The summed E-state index contributed by atoms with van der Waals surface area (Å²) in [6.07, 6.45) is 2.32. The fourth-order valence-corrected chi connectivity index (χ4v) is 2.09. The van der Waals surface area contributed by atoms with Gasteiger partial charge in [-0.25, -0.2) is 0 Å². The molecule has 1 aliphatic heterocycles. The quantitative estimate of drug-likeness (QED) is 0.723. The van der Waals surface area contributed by atoms with Gasteiger partial charge in [0.15, 0.2) is 0 Å². The van der Waals surface area contributed by atoms with E-state index in [-0.39, 0.29) is 0 Å². The van der Waals surface area contributed by atoms with Gasteiger partial charge in [-0.3, -0.25) is 4.90 Å². The van der Waals surface area contributed by atoms with Crippen molar-refractivity contribution in [2.45, 2.75) is 19.8 Å². The van der Waals surface area contributed by atoms with Gasteiger partial charge in [0.2, 0.25) is 0 Å². The van der Waals surface area contributed by atoms with Crippen LogP contribution in [0.2, 0.25) is 0 Å². The minimum atomic E-state index is 0.813. The van der Waals surface area contributed by atoms with Crippen molar-refractivity contribution in [1.29, 1.82) is 0 Å². The van der Waals surface area contributed by atoms with Gasteiger partial charge in [-0.15, -0.1) is 0 Å². The number of aryl methyl sites for hydroxylation is 1. The van der Waals surface area contributed by atoms with Crippen LogP contribution in [0.1, 0.15) is 18.4 Å². The van der Waals surface area contributed by atoms with Crippen molar-refractivity contribution in [2.75, 3.05) is 39.5 Å². The molecule has 3 heteroatoms. The van der Waals surface area contributed by atoms with Crippen LogP contribution in [0, 0.1) is 6.92 Å². The monoisotopic (exact) mass is 249 g/mol. The molecule has 18 heavy (non-hydrogen) atoms. The topological polar surface area (TPSA) is 21.7 Å². The summed E-state index contributed by atoms with van der Waals surface area (Å²) >= 11 is 0. The van der Waals surface area contributed by atoms with Crippen LogP contribution in [0.15, 0.2) is 24.3 Å². The SMILES string of the molecule is Cc1ccc(OCCCCN2CCOCC2)cc1. The Morgan fingerprint density at radius 3 is 2.56 bits per heavy atom. The van der Waals surface area contributed by atoms with E-state index < -0.39 is 0 Å². The number of unbranched alkanes of at least 4 members (excludes halogenated alkanes) is 1. The summed E-state index contributed by atoms with van der Waals surface area (Å²) in [6.45, 7) is 8.01. The molecule has 1 aliphatic rings. The van der Waals surface area contributed by atoms with Gasteiger partial charge in [0.05, 0.1) is 19.8 Å². The average Bonchev–Trinajstić information content (AvgIpc) is 2.42. The van der Waals surface area contributed by atoms with E-state index in [0.717, 1.165) is 45.1 Å². The molecule has 0 bridgehead atoms. The molecule has 1 heterocycles. The molecule has 1 aromatic rings. The summed E-state index contributed by atoms with van der Waals surface area (Å²) in [4.78, 5) is 2.47. The molecule has 0 spiro atoms. The maximum Gasteiger partial charge on any atom is 0.119 e. The maximum atomic E-state index is 5.71. The molecule has 0 aliphatic carbocycles. The van der Waals surface area contributed by atoms with E-state index in [4.69, 9.17) is 9.47 Å². The summed E-state index contributed by atoms with van der Waals surface area (Å²) in [7, 11) is 0. The van der Waals surface area contributed by atoms with Crippen molar-refractivity contribution in [3.05, 3.63) is 29.8 Å². The summed E-state index contributed by atoms with van der Waals surface area (Å²) < 4.78 is 11.0. The van der Waals surface area contributed by atoms with Crippen LogP contribution >= 0.6 is 0 Å². The van der Waals surface area contributed by atoms with Crippen LogP contribution < -0.4 is 4.74 Å². The molecule has 1 fully saturated rings. The Morgan fingerprint density at radius 1 is 1.11 bits per heavy atom. The molecule has 100 valence electrons. The zero-order valence-corrected chi connectivity index (χ0v) is 11.2. The van der Waals surface area contributed by atoms with E-state index in [9.17, 15) is 0 Å². The molecule has 0 radical (unpaired) electrons. The summed E-state index contributed by atoms with van der Waals surface area (Å²) in [5, 5.41) is 0. The summed E-state index contributed by atoms with van der Waals surface area (Å²) in [5.41, 5.74) is 1.27.